The van der Waals surface area contributed by atoms with E-state index in [0.29, 0.717) is 23.9 Å². The standard InChI is InChI=1S/C22H34N2O/c1-3-5-13-24(21(4-2)18-9-7-6-8-10-18)22(25)16-17-14-19-11-12-20(15-17)23-19/h6-10,17,19-21,23H,3-5,11-16H2,1-2H3. The van der Waals surface area contributed by atoms with E-state index in [4.69, 9.17) is 0 Å². The number of hydrogen-bond donors (Lipinski definition) is 1. The minimum Gasteiger partial charge on any atom is -0.336 e. The summed E-state index contributed by atoms with van der Waals surface area (Å²) in [6, 6.07) is 12.1. The Hall–Kier alpha value is -1.35. The predicted octanol–water partition coefficient (Wildman–Crippen LogP) is 4.69. The third kappa shape index (κ3) is 4.63. The van der Waals surface area contributed by atoms with Gasteiger partial charge < -0.3 is 10.2 Å². The van der Waals surface area contributed by atoms with Crippen LogP contribution in [0.3, 0.4) is 0 Å². The first-order valence-corrected chi connectivity index (χ1v) is 10.3. The van der Waals surface area contributed by atoms with E-state index in [2.05, 4.69) is 54.4 Å². The van der Waals surface area contributed by atoms with Gasteiger partial charge in [0.1, 0.15) is 0 Å². The highest BCUT2D eigenvalue weighted by Crippen LogP contribution is 2.34. The average Bonchev–Trinajstić information content (AvgIpc) is 2.97. The number of nitrogens with one attached hydrogen (secondary N) is 1. The van der Waals surface area contributed by atoms with E-state index in [1.54, 1.807) is 0 Å². The number of carbonyl (C=O) groups is 1. The van der Waals surface area contributed by atoms with Crippen LogP contribution in [0.1, 0.15) is 76.8 Å². The van der Waals surface area contributed by atoms with Crippen LogP contribution < -0.4 is 5.32 Å². The number of rotatable bonds is 8. The minimum atomic E-state index is 0.221. The first kappa shape index (κ1) is 18.4. The van der Waals surface area contributed by atoms with Gasteiger partial charge in [-0.2, -0.15) is 0 Å². The summed E-state index contributed by atoms with van der Waals surface area (Å²) in [6.07, 6.45) is 8.92. The monoisotopic (exact) mass is 342 g/mol. The minimum absolute atomic E-state index is 0.221. The Morgan fingerprint density at radius 1 is 1.16 bits per heavy atom. The van der Waals surface area contributed by atoms with Gasteiger partial charge in [0.05, 0.1) is 6.04 Å². The summed E-state index contributed by atoms with van der Waals surface area (Å²) in [4.78, 5) is 15.4. The number of amides is 1. The first-order chi connectivity index (χ1) is 12.2. The molecular weight excluding hydrogens is 308 g/mol. The largest absolute Gasteiger partial charge is 0.336 e. The summed E-state index contributed by atoms with van der Waals surface area (Å²) in [6.45, 7) is 5.30. The van der Waals surface area contributed by atoms with E-state index >= 15 is 0 Å². The maximum atomic E-state index is 13.2. The molecule has 0 spiro atoms. The fraction of sp³-hybridized carbons (Fsp3) is 0.682. The summed E-state index contributed by atoms with van der Waals surface area (Å²) in [5.41, 5.74) is 1.28. The third-order valence-electron chi connectivity index (χ3n) is 6.05. The lowest BCUT2D eigenvalue weighted by molar-refractivity contribution is -0.135. The molecule has 1 aromatic carbocycles. The van der Waals surface area contributed by atoms with Crippen LogP contribution >= 0.6 is 0 Å². The second-order valence-electron chi connectivity index (χ2n) is 7.95. The van der Waals surface area contributed by atoms with Crippen LogP contribution in [0.2, 0.25) is 0 Å². The first-order valence-electron chi connectivity index (χ1n) is 10.3. The van der Waals surface area contributed by atoms with Gasteiger partial charge in [-0.05, 0) is 50.0 Å². The smallest absolute Gasteiger partial charge is 0.223 e. The molecule has 25 heavy (non-hydrogen) atoms. The normalized spacial score (nSPS) is 26.4. The van der Waals surface area contributed by atoms with Crippen molar-refractivity contribution in [3.05, 3.63) is 35.9 Å². The Kier molecular flexibility index (Phi) is 6.52. The highest BCUT2D eigenvalue weighted by Gasteiger charge is 2.35. The average molecular weight is 343 g/mol. The summed E-state index contributed by atoms with van der Waals surface area (Å²) in [5, 5.41) is 3.69. The van der Waals surface area contributed by atoms with Crippen molar-refractivity contribution in [2.75, 3.05) is 6.54 Å². The van der Waals surface area contributed by atoms with Gasteiger partial charge in [0.2, 0.25) is 5.91 Å². The van der Waals surface area contributed by atoms with E-state index in [1.807, 2.05) is 0 Å². The number of hydrogen-bond acceptors (Lipinski definition) is 2. The molecule has 2 aliphatic rings. The quantitative estimate of drug-likeness (QED) is 0.743. The van der Waals surface area contributed by atoms with E-state index < -0.39 is 0 Å². The van der Waals surface area contributed by atoms with Crippen LogP contribution in [0.4, 0.5) is 0 Å². The van der Waals surface area contributed by atoms with Crippen molar-refractivity contribution >= 4 is 5.91 Å². The molecule has 3 heteroatoms. The third-order valence-corrected chi connectivity index (χ3v) is 6.05. The fourth-order valence-corrected chi connectivity index (χ4v) is 4.80. The molecular formula is C22H34N2O. The number of piperidine rings is 1. The Morgan fingerprint density at radius 3 is 2.44 bits per heavy atom. The summed E-state index contributed by atoms with van der Waals surface area (Å²) in [7, 11) is 0. The number of carbonyl (C=O) groups excluding carboxylic acids is 1. The number of unbranched alkanes of at least 4 members (excludes halogenated alkanes) is 1. The Morgan fingerprint density at radius 2 is 1.84 bits per heavy atom. The summed E-state index contributed by atoms with van der Waals surface area (Å²) >= 11 is 0. The molecule has 3 atom stereocenters. The Bertz CT molecular complexity index is 532. The Labute approximate surface area is 153 Å². The lowest BCUT2D eigenvalue weighted by Gasteiger charge is -2.35. The Balaban J connectivity index is 1.69. The van der Waals surface area contributed by atoms with E-state index in [-0.39, 0.29) is 6.04 Å². The molecule has 1 N–H and O–H groups in total. The van der Waals surface area contributed by atoms with Crippen molar-refractivity contribution in [2.24, 2.45) is 5.92 Å². The second kappa shape index (κ2) is 8.84. The maximum absolute atomic E-state index is 13.2. The summed E-state index contributed by atoms with van der Waals surface area (Å²) in [5.74, 6) is 0.944. The van der Waals surface area contributed by atoms with Gasteiger partial charge in [0.25, 0.3) is 0 Å². The van der Waals surface area contributed by atoms with Gasteiger partial charge in [-0.15, -0.1) is 0 Å². The van der Waals surface area contributed by atoms with Gasteiger partial charge in [0, 0.05) is 25.0 Å². The highest BCUT2D eigenvalue weighted by molar-refractivity contribution is 5.77. The fourth-order valence-electron chi connectivity index (χ4n) is 4.80. The molecule has 2 saturated heterocycles. The molecule has 2 fully saturated rings. The van der Waals surface area contributed by atoms with Crippen LogP contribution in [-0.2, 0) is 4.79 Å². The number of nitrogens with zero attached hydrogens (tertiary/aromatic N) is 1. The molecule has 3 unspecified atom stereocenters. The van der Waals surface area contributed by atoms with Crippen molar-refractivity contribution < 1.29 is 4.79 Å². The van der Waals surface area contributed by atoms with Gasteiger partial charge in [-0.25, -0.2) is 0 Å². The summed E-state index contributed by atoms with van der Waals surface area (Å²) < 4.78 is 0. The van der Waals surface area contributed by atoms with Crippen LogP contribution in [0.25, 0.3) is 0 Å². The van der Waals surface area contributed by atoms with E-state index in [1.165, 1.54) is 31.2 Å². The molecule has 0 aromatic heterocycles. The molecule has 0 saturated carbocycles. The lowest BCUT2D eigenvalue weighted by atomic mass is 9.88. The van der Waals surface area contributed by atoms with E-state index in [9.17, 15) is 4.79 Å². The topological polar surface area (TPSA) is 32.3 Å². The van der Waals surface area contributed by atoms with Crippen LogP contribution in [0.5, 0.6) is 0 Å². The van der Waals surface area contributed by atoms with Crippen molar-refractivity contribution in [2.45, 2.75) is 83.3 Å². The molecule has 138 valence electrons. The molecule has 2 bridgehead atoms. The van der Waals surface area contributed by atoms with Gasteiger partial charge >= 0.3 is 0 Å². The highest BCUT2D eigenvalue weighted by atomic mass is 16.2. The van der Waals surface area contributed by atoms with Crippen LogP contribution in [0, 0.1) is 5.92 Å². The molecule has 3 rings (SSSR count). The molecule has 1 amide bonds. The zero-order valence-corrected chi connectivity index (χ0v) is 15.9. The van der Waals surface area contributed by atoms with Gasteiger partial charge in [0.15, 0.2) is 0 Å². The van der Waals surface area contributed by atoms with Crippen LogP contribution in [0.15, 0.2) is 30.3 Å². The number of fused-ring (bicyclic) bond motifs is 2. The zero-order valence-electron chi connectivity index (χ0n) is 15.9. The maximum Gasteiger partial charge on any atom is 0.223 e. The second-order valence-corrected chi connectivity index (χ2v) is 7.95. The van der Waals surface area contributed by atoms with E-state index in [0.717, 1.165) is 32.2 Å². The molecule has 0 radical (unpaired) electrons. The van der Waals surface area contributed by atoms with Crippen molar-refractivity contribution in [3.63, 3.8) is 0 Å². The molecule has 3 nitrogen and oxygen atoms in total. The molecule has 2 aliphatic heterocycles. The van der Waals surface area contributed by atoms with Crippen LogP contribution in [-0.4, -0.2) is 29.4 Å². The zero-order chi connectivity index (χ0) is 17.6. The SMILES string of the molecule is CCCCN(C(=O)CC1CC2CCC(C1)N2)C(CC)c1ccccc1. The van der Waals surface area contributed by atoms with Crippen molar-refractivity contribution in [3.8, 4) is 0 Å². The van der Waals surface area contributed by atoms with Crippen molar-refractivity contribution in [1.29, 1.82) is 0 Å². The van der Waals surface area contributed by atoms with Crippen molar-refractivity contribution in [1.82, 2.24) is 10.2 Å². The molecule has 2 heterocycles. The lowest BCUT2D eigenvalue weighted by Crippen LogP contribution is -2.41. The van der Waals surface area contributed by atoms with Gasteiger partial charge in [-0.3, -0.25) is 4.79 Å². The molecule has 1 aromatic rings. The van der Waals surface area contributed by atoms with Gasteiger partial charge in [-0.1, -0.05) is 50.6 Å². The number of benzene rings is 1. The predicted molar refractivity (Wildman–Crippen MR) is 103 cm³/mol. The molecule has 0 aliphatic carbocycles.